The molecule has 4 heterocycles. The largest absolute Gasteiger partial charge is 0.492 e. The second kappa shape index (κ2) is 12.4. The summed E-state index contributed by atoms with van der Waals surface area (Å²) in [5.74, 6) is 0.725. The molecule has 0 radical (unpaired) electrons. The molecule has 0 bridgehead atoms. The molecule has 1 aliphatic rings. The summed E-state index contributed by atoms with van der Waals surface area (Å²) in [6.45, 7) is 6.65. The van der Waals surface area contributed by atoms with Gasteiger partial charge in [0.05, 0.1) is 34.7 Å². The number of rotatable bonds is 11. The molecule has 4 aromatic rings. The number of likely N-dealkylation sites (tertiary alicyclic amines) is 1. The van der Waals surface area contributed by atoms with Crippen LogP contribution >= 0.6 is 11.6 Å². The average molecular weight is 603 g/mol. The van der Waals surface area contributed by atoms with E-state index in [1.54, 1.807) is 44.3 Å². The van der Waals surface area contributed by atoms with E-state index in [4.69, 9.17) is 16.3 Å². The molecule has 1 saturated heterocycles. The first-order valence-electron chi connectivity index (χ1n) is 14.0. The van der Waals surface area contributed by atoms with Gasteiger partial charge in [-0.25, -0.2) is 9.97 Å². The third kappa shape index (κ3) is 6.79. The van der Waals surface area contributed by atoms with Crippen LogP contribution in [0.15, 0.2) is 49.1 Å². The fourth-order valence-electron chi connectivity index (χ4n) is 5.23. The second-order valence-electron chi connectivity index (χ2n) is 11.1. The SMILES string of the molecule is CC(C)(O)CCn1ncc(-c2[nH]cc(-c3cccc(OCCCN4CCCC4)c3Cl)c2-c2ncccn2)c1C(F)(F)F. The maximum atomic E-state index is 14.5. The Labute approximate surface area is 247 Å². The van der Waals surface area contributed by atoms with Gasteiger partial charge in [0.15, 0.2) is 11.5 Å². The Morgan fingerprint density at radius 1 is 1.02 bits per heavy atom. The van der Waals surface area contributed by atoms with Crippen LogP contribution in [0.1, 0.15) is 45.2 Å². The summed E-state index contributed by atoms with van der Waals surface area (Å²) in [7, 11) is 0. The van der Waals surface area contributed by atoms with Crippen molar-refractivity contribution < 1.29 is 23.0 Å². The van der Waals surface area contributed by atoms with Crippen molar-refractivity contribution in [2.45, 2.75) is 57.9 Å². The molecular weight excluding hydrogens is 569 g/mol. The number of aromatic amines is 1. The Morgan fingerprint density at radius 3 is 2.45 bits per heavy atom. The number of ether oxygens (including phenoxy) is 1. The summed E-state index contributed by atoms with van der Waals surface area (Å²) in [4.78, 5) is 14.2. The molecule has 42 heavy (non-hydrogen) atoms. The van der Waals surface area contributed by atoms with E-state index in [9.17, 15) is 18.3 Å². The fraction of sp³-hybridized carbons (Fsp3) is 0.433. The first-order chi connectivity index (χ1) is 20.0. The Morgan fingerprint density at radius 2 is 1.76 bits per heavy atom. The number of hydrogen-bond acceptors (Lipinski definition) is 6. The summed E-state index contributed by atoms with van der Waals surface area (Å²) < 4.78 is 50.3. The maximum Gasteiger partial charge on any atom is 0.433 e. The van der Waals surface area contributed by atoms with Gasteiger partial charge in [0.1, 0.15) is 5.75 Å². The quantitative estimate of drug-likeness (QED) is 0.186. The molecule has 1 fully saturated rings. The van der Waals surface area contributed by atoms with Gasteiger partial charge >= 0.3 is 6.18 Å². The summed E-state index contributed by atoms with van der Waals surface area (Å²) in [6.07, 6.45) is 4.53. The number of halogens is 4. The summed E-state index contributed by atoms with van der Waals surface area (Å²) in [5, 5.41) is 14.5. The molecule has 0 saturated carbocycles. The molecule has 0 aliphatic carbocycles. The third-order valence-corrected chi connectivity index (χ3v) is 7.70. The molecule has 5 rings (SSSR count). The van der Waals surface area contributed by atoms with E-state index in [2.05, 4.69) is 25.0 Å². The van der Waals surface area contributed by atoms with Crippen LogP contribution in [0.25, 0.3) is 33.8 Å². The third-order valence-electron chi connectivity index (χ3n) is 7.31. The second-order valence-corrected chi connectivity index (χ2v) is 11.5. The van der Waals surface area contributed by atoms with Crippen molar-refractivity contribution in [3.8, 4) is 39.5 Å². The van der Waals surface area contributed by atoms with Gasteiger partial charge in [0.2, 0.25) is 0 Å². The van der Waals surface area contributed by atoms with Crippen LogP contribution in [0.4, 0.5) is 13.2 Å². The lowest BCUT2D eigenvalue weighted by molar-refractivity contribution is -0.144. The molecule has 1 aromatic carbocycles. The molecule has 224 valence electrons. The standard InChI is InChI=1S/C30H34ClF3N6O2/c1-29(2,41)10-16-40-27(30(32,33)34)22(19-38-40)26-24(28-35-11-6-12-36-28)21(18-37-26)20-8-5-9-23(25(20)31)42-17-7-15-39-13-3-4-14-39/h5-6,8-9,11-12,18-19,37,41H,3-4,7,10,13-17H2,1-2H3. The number of hydrogen-bond donors (Lipinski definition) is 2. The predicted octanol–water partition coefficient (Wildman–Crippen LogP) is 6.70. The van der Waals surface area contributed by atoms with Gasteiger partial charge in [-0.15, -0.1) is 0 Å². The summed E-state index contributed by atoms with van der Waals surface area (Å²) in [5.41, 5.74) is -0.629. The smallest absolute Gasteiger partial charge is 0.433 e. The van der Waals surface area contributed by atoms with Crippen LogP contribution in [0.3, 0.4) is 0 Å². The molecule has 3 aromatic heterocycles. The molecule has 0 amide bonds. The van der Waals surface area contributed by atoms with E-state index in [1.165, 1.54) is 31.4 Å². The van der Waals surface area contributed by atoms with Gasteiger partial charge in [-0.05, 0) is 64.8 Å². The Bertz CT molecular complexity index is 1490. The van der Waals surface area contributed by atoms with E-state index in [0.717, 1.165) is 30.7 Å². The highest BCUT2D eigenvalue weighted by Gasteiger charge is 2.40. The van der Waals surface area contributed by atoms with Crippen LogP contribution in [0.5, 0.6) is 5.75 Å². The molecule has 0 unspecified atom stereocenters. The van der Waals surface area contributed by atoms with Crippen molar-refractivity contribution in [1.82, 2.24) is 29.6 Å². The number of aliphatic hydroxyl groups is 1. The lowest BCUT2D eigenvalue weighted by Crippen LogP contribution is -2.24. The maximum absolute atomic E-state index is 14.5. The van der Waals surface area contributed by atoms with E-state index < -0.39 is 17.5 Å². The zero-order valence-corrected chi connectivity index (χ0v) is 24.3. The highest BCUT2D eigenvalue weighted by molar-refractivity contribution is 6.35. The van der Waals surface area contributed by atoms with Gasteiger partial charge in [-0.1, -0.05) is 23.7 Å². The van der Waals surface area contributed by atoms with E-state index in [0.29, 0.717) is 34.1 Å². The number of aryl methyl sites for hydroxylation is 1. The number of benzene rings is 1. The van der Waals surface area contributed by atoms with Crippen molar-refractivity contribution in [3.63, 3.8) is 0 Å². The van der Waals surface area contributed by atoms with E-state index >= 15 is 0 Å². The monoisotopic (exact) mass is 602 g/mol. The van der Waals surface area contributed by atoms with Crippen molar-refractivity contribution in [2.24, 2.45) is 0 Å². The number of nitrogens with zero attached hydrogens (tertiary/aromatic N) is 5. The van der Waals surface area contributed by atoms with Gasteiger partial charge in [0.25, 0.3) is 0 Å². The zero-order chi connectivity index (χ0) is 29.9. The Kier molecular flexibility index (Phi) is 8.91. The van der Waals surface area contributed by atoms with Crippen LogP contribution in [-0.2, 0) is 12.7 Å². The lowest BCUT2D eigenvalue weighted by Gasteiger charge is -2.19. The summed E-state index contributed by atoms with van der Waals surface area (Å²) in [6, 6.07) is 7.00. The summed E-state index contributed by atoms with van der Waals surface area (Å²) >= 11 is 6.85. The fourth-order valence-corrected chi connectivity index (χ4v) is 5.51. The predicted molar refractivity (Wildman–Crippen MR) is 155 cm³/mol. The molecule has 8 nitrogen and oxygen atoms in total. The van der Waals surface area contributed by atoms with Crippen LogP contribution in [0, 0.1) is 0 Å². The van der Waals surface area contributed by atoms with Gasteiger partial charge in [0, 0.05) is 48.4 Å². The molecule has 0 spiro atoms. The highest BCUT2D eigenvalue weighted by Crippen LogP contribution is 2.46. The minimum atomic E-state index is -4.72. The van der Waals surface area contributed by atoms with Crippen molar-refractivity contribution in [3.05, 3.63) is 59.8 Å². The molecular formula is C30H34ClF3N6O2. The molecule has 2 N–H and O–H groups in total. The lowest BCUT2D eigenvalue weighted by atomic mass is 9.98. The van der Waals surface area contributed by atoms with E-state index in [1.807, 2.05) is 0 Å². The van der Waals surface area contributed by atoms with Crippen LogP contribution < -0.4 is 4.74 Å². The van der Waals surface area contributed by atoms with Crippen LogP contribution in [-0.4, -0.2) is 66.6 Å². The average Bonchev–Trinajstić information content (AvgIpc) is 3.70. The first-order valence-corrected chi connectivity index (χ1v) is 14.4. The normalized spacial score (nSPS) is 14.5. The topological polar surface area (TPSA) is 92.1 Å². The van der Waals surface area contributed by atoms with Crippen molar-refractivity contribution >= 4 is 11.6 Å². The van der Waals surface area contributed by atoms with Crippen molar-refractivity contribution in [2.75, 3.05) is 26.2 Å². The Hall–Kier alpha value is -3.41. The van der Waals surface area contributed by atoms with Crippen molar-refractivity contribution in [1.29, 1.82) is 0 Å². The zero-order valence-electron chi connectivity index (χ0n) is 23.6. The van der Waals surface area contributed by atoms with Gasteiger partial charge in [-0.2, -0.15) is 18.3 Å². The Balaban J connectivity index is 1.53. The van der Waals surface area contributed by atoms with E-state index in [-0.39, 0.29) is 30.0 Å². The van der Waals surface area contributed by atoms with Gasteiger partial charge < -0.3 is 19.7 Å². The minimum absolute atomic E-state index is 0.0856. The molecule has 1 aliphatic heterocycles. The number of nitrogens with one attached hydrogen (secondary N) is 1. The van der Waals surface area contributed by atoms with Crippen LogP contribution in [0.2, 0.25) is 5.02 Å². The number of aromatic nitrogens is 5. The molecule has 0 atom stereocenters. The number of alkyl halides is 3. The highest BCUT2D eigenvalue weighted by atomic mass is 35.5. The van der Waals surface area contributed by atoms with Gasteiger partial charge in [-0.3, -0.25) is 4.68 Å². The minimum Gasteiger partial charge on any atom is -0.492 e. The molecule has 12 heteroatoms. The number of H-pyrrole nitrogens is 1. The first kappa shape index (κ1) is 30.1.